The van der Waals surface area contributed by atoms with Crippen molar-refractivity contribution >= 4 is 18.3 Å². The molecule has 3 rings (SSSR count). The Labute approximate surface area is 165 Å². The monoisotopic (exact) mass is 394 g/mol. The fraction of sp³-hybridized carbons (Fsp3) is 0.500. The summed E-state index contributed by atoms with van der Waals surface area (Å²) in [6.45, 7) is 8.17. The van der Waals surface area contributed by atoms with Crippen molar-refractivity contribution in [2.75, 3.05) is 6.54 Å². The topological polar surface area (TPSA) is 72.9 Å². The normalized spacial score (nSPS) is 15.2. The van der Waals surface area contributed by atoms with Crippen LogP contribution in [0.25, 0.3) is 5.69 Å². The molecule has 27 heavy (non-hydrogen) atoms. The van der Waals surface area contributed by atoms with E-state index >= 15 is 0 Å². The first-order valence-electron chi connectivity index (χ1n) is 9.16. The molecule has 0 saturated carbocycles. The SMILES string of the molecule is Cc1ccc(-n2nc(C(=O)NC(C)(CN)C(C)C)c3c2CCC3)c(F)c1.Cl. The molecule has 1 aliphatic carbocycles. The molecule has 1 aromatic carbocycles. The van der Waals surface area contributed by atoms with Crippen molar-refractivity contribution in [1.82, 2.24) is 15.1 Å². The molecule has 1 aliphatic rings. The fourth-order valence-corrected chi connectivity index (χ4v) is 3.35. The maximum absolute atomic E-state index is 14.5. The number of nitrogens with zero attached hydrogens (tertiary/aromatic N) is 2. The van der Waals surface area contributed by atoms with Gasteiger partial charge in [-0.2, -0.15) is 5.10 Å². The molecule has 0 spiro atoms. The van der Waals surface area contributed by atoms with Gasteiger partial charge in [0.25, 0.3) is 5.91 Å². The number of carbonyl (C=O) groups is 1. The van der Waals surface area contributed by atoms with Crippen molar-refractivity contribution in [1.29, 1.82) is 0 Å². The Bertz CT molecular complexity index is 849. The van der Waals surface area contributed by atoms with E-state index in [1.165, 1.54) is 6.07 Å². The number of halogens is 2. The lowest BCUT2D eigenvalue weighted by atomic mass is 9.88. The van der Waals surface area contributed by atoms with Crippen molar-refractivity contribution < 1.29 is 9.18 Å². The van der Waals surface area contributed by atoms with Gasteiger partial charge in [0.1, 0.15) is 11.5 Å². The second-order valence-electron chi connectivity index (χ2n) is 7.72. The second kappa shape index (κ2) is 7.98. The summed E-state index contributed by atoms with van der Waals surface area (Å²) < 4.78 is 16.1. The highest BCUT2D eigenvalue weighted by atomic mass is 35.5. The van der Waals surface area contributed by atoms with E-state index in [0.29, 0.717) is 17.9 Å². The molecule has 1 aromatic heterocycles. The predicted molar refractivity (Wildman–Crippen MR) is 107 cm³/mol. The largest absolute Gasteiger partial charge is 0.344 e. The van der Waals surface area contributed by atoms with Crippen LogP contribution in [0.15, 0.2) is 18.2 Å². The van der Waals surface area contributed by atoms with Gasteiger partial charge in [-0.3, -0.25) is 4.79 Å². The van der Waals surface area contributed by atoms with E-state index < -0.39 is 5.54 Å². The van der Waals surface area contributed by atoms with Crippen LogP contribution in [0.5, 0.6) is 0 Å². The molecule has 1 amide bonds. The van der Waals surface area contributed by atoms with Gasteiger partial charge in [-0.05, 0) is 56.7 Å². The van der Waals surface area contributed by atoms with Crippen molar-refractivity contribution in [2.24, 2.45) is 11.7 Å². The van der Waals surface area contributed by atoms with Crippen LogP contribution in [-0.4, -0.2) is 27.8 Å². The minimum atomic E-state index is -0.512. The molecule has 1 heterocycles. The first-order chi connectivity index (χ1) is 12.3. The maximum Gasteiger partial charge on any atom is 0.272 e. The first kappa shape index (κ1) is 21.4. The summed E-state index contributed by atoms with van der Waals surface area (Å²) in [6, 6.07) is 5.06. The third kappa shape index (κ3) is 3.87. The number of amides is 1. The summed E-state index contributed by atoms with van der Waals surface area (Å²) in [7, 11) is 0. The Kier molecular flexibility index (Phi) is 6.32. The van der Waals surface area contributed by atoms with Crippen LogP contribution in [0.1, 0.15) is 54.5 Å². The number of hydrogen-bond donors (Lipinski definition) is 2. The maximum atomic E-state index is 14.5. The van der Waals surface area contributed by atoms with Crippen molar-refractivity contribution in [2.45, 2.75) is 52.5 Å². The molecule has 7 heteroatoms. The fourth-order valence-electron chi connectivity index (χ4n) is 3.35. The first-order valence-corrected chi connectivity index (χ1v) is 9.16. The highest BCUT2D eigenvalue weighted by Crippen LogP contribution is 2.29. The third-order valence-electron chi connectivity index (χ3n) is 5.57. The van der Waals surface area contributed by atoms with E-state index in [1.54, 1.807) is 10.7 Å². The number of nitrogens with two attached hydrogens (primary N) is 1. The Morgan fingerprint density at radius 1 is 1.41 bits per heavy atom. The van der Waals surface area contributed by atoms with Crippen LogP contribution in [0.4, 0.5) is 4.39 Å². The summed E-state index contributed by atoms with van der Waals surface area (Å²) in [4.78, 5) is 12.9. The molecule has 5 nitrogen and oxygen atoms in total. The van der Waals surface area contributed by atoms with Crippen LogP contribution in [0.3, 0.4) is 0 Å². The number of fused-ring (bicyclic) bond motifs is 1. The van der Waals surface area contributed by atoms with E-state index in [1.807, 2.05) is 33.8 Å². The summed E-state index contributed by atoms with van der Waals surface area (Å²) in [6.07, 6.45) is 2.52. The van der Waals surface area contributed by atoms with Crippen molar-refractivity contribution in [3.8, 4) is 5.69 Å². The Balaban J connectivity index is 0.00000261. The van der Waals surface area contributed by atoms with Crippen LogP contribution in [0, 0.1) is 18.7 Å². The van der Waals surface area contributed by atoms with Crippen LogP contribution in [-0.2, 0) is 12.8 Å². The quantitative estimate of drug-likeness (QED) is 0.816. The molecule has 148 valence electrons. The summed E-state index contributed by atoms with van der Waals surface area (Å²) >= 11 is 0. The van der Waals surface area contributed by atoms with Crippen LogP contribution < -0.4 is 11.1 Å². The lowest BCUT2D eigenvalue weighted by Crippen LogP contribution is -2.55. The Hall–Kier alpha value is -1.92. The molecular formula is C20H28ClFN4O. The minimum Gasteiger partial charge on any atom is -0.344 e. The zero-order valence-electron chi connectivity index (χ0n) is 16.3. The molecule has 0 aliphatic heterocycles. The van der Waals surface area contributed by atoms with Gasteiger partial charge in [0.05, 0.1) is 5.54 Å². The van der Waals surface area contributed by atoms with Gasteiger partial charge in [-0.25, -0.2) is 9.07 Å². The molecule has 0 radical (unpaired) electrons. The van der Waals surface area contributed by atoms with E-state index in [0.717, 1.165) is 36.1 Å². The number of carbonyl (C=O) groups excluding carboxylic acids is 1. The van der Waals surface area contributed by atoms with Gasteiger partial charge in [0.2, 0.25) is 0 Å². The van der Waals surface area contributed by atoms with E-state index in [9.17, 15) is 9.18 Å². The van der Waals surface area contributed by atoms with Crippen molar-refractivity contribution in [3.63, 3.8) is 0 Å². The smallest absolute Gasteiger partial charge is 0.272 e. The molecule has 0 bridgehead atoms. The van der Waals surface area contributed by atoms with Gasteiger partial charge in [-0.15, -0.1) is 12.4 Å². The summed E-state index contributed by atoms with van der Waals surface area (Å²) in [5, 5.41) is 7.54. The van der Waals surface area contributed by atoms with Crippen LogP contribution in [0.2, 0.25) is 0 Å². The lowest BCUT2D eigenvalue weighted by Gasteiger charge is -2.33. The second-order valence-corrected chi connectivity index (χ2v) is 7.72. The van der Waals surface area contributed by atoms with Gasteiger partial charge in [0.15, 0.2) is 5.69 Å². The van der Waals surface area contributed by atoms with E-state index in [4.69, 9.17) is 5.73 Å². The lowest BCUT2D eigenvalue weighted by molar-refractivity contribution is 0.0876. The summed E-state index contributed by atoms with van der Waals surface area (Å²) in [5.41, 5.74) is 8.85. The van der Waals surface area contributed by atoms with Gasteiger partial charge < -0.3 is 11.1 Å². The average molecular weight is 395 g/mol. The minimum absolute atomic E-state index is 0. The number of aromatic nitrogens is 2. The van der Waals surface area contributed by atoms with Crippen LogP contribution >= 0.6 is 12.4 Å². The molecule has 1 atom stereocenters. The highest BCUT2D eigenvalue weighted by Gasteiger charge is 2.33. The average Bonchev–Trinajstić information content (AvgIpc) is 3.17. The number of rotatable bonds is 5. The number of nitrogens with one attached hydrogen (secondary N) is 1. The molecule has 3 N–H and O–H groups in total. The molecular weight excluding hydrogens is 367 g/mol. The van der Waals surface area contributed by atoms with Gasteiger partial charge in [-0.1, -0.05) is 19.9 Å². The third-order valence-corrected chi connectivity index (χ3v) is 5.57. The number of hydrogen-bond acceptors (Lipinski definition) is 3. The Morgan fingerprint density at radius 3 is 2.70 bits per heavy atom. The molecule has 2 aromatic rings. The van der Waals surface area contributed by atoms with E-state index in [-0.39, 0.29) is 30.0 Å². The molecule has 0 fully saturated rings. The van der Waals surface area contributed by atoms with Crippen molar-refractivity contribution in [3.05, 3.63) is 46.5 Å². The van der Waals surface area contributed by atoms with Gasteiger partial charge >= 0.3 is 0 Å². The molecule has 1 unspecified atom stereocenters. The van der Waals surface area contributed by atoms with E-state index in [2.05, 4.69) is 10.4 Å². The predicted octanol–water partition coefficient (Wildman–Crippen LogP) is 3.33. The summed E-state index contributed by atoms with van der Waals surface area (Å²) in [5.74, 6) is -0.389. The van der Waals surface area contributed by atoms with Gasteiger partial charge in [0, 0.05) is 17.8 Å². The zero-order chi connectivity index (χ0) is 19.1. The standard InChI is InChI=1S/C20H27FN4O.ClH/c1-12(2)20(4,11-22)23-19(26)18-14-6-5-7-16(14)25(24-18)17-9-8-13(3)10-15(17)21;/h8-10,12H,5-7,11,22H2,1-4H3,(H,23,26);1H. The Morgan fingerprint density at radius 2 is 2.11 bits per heavy atom. The highest BCUT2D eigenvalue weighted by molar-refractivity contribution is 5.94. The number of aryl methyl sites for hydroxylation is 1. The molecule has 0 saturated heterocycles. The number of benzene rings is 1. The zero-order valence-corrected chi connectivity index (χ0v) is 17.1.